The minimum absolute atomic E-state index is 0.718. The molecule has 0 spiro atoms. The highest BCUT2D eigenvalue weighted by atomic mass is 32.2. The lowest BCUT2D eigenvalue weighted by molar-refractivity contribution is -0.480. The molecule has 0 atom stereocenters. The molecule has 8 heavy (non-hydrogen) atoms. The monoisotopic (exact) mass is 134 g/mol. The molecule has 0 aromatic rings. The minimum atomic E-state index is -1.96. The molecule has 46 valence electrons. The fourth-order valence-electron chi connectivity index (χ4n) is 0.837. The van der Waals surface area contributed by atoms with Gasteiger partial charge in [-0.25, -0.2) is 0 Å². The zero-order valence-corrected chi connectivity index (χ0v) is 5.32. The second-order valence-corrected chi connectivity index (χ2v) is 2.80. The summed E-state index contributed by atoms with van der Waals surface area (Å²) in [4.78, 5) is 0. The Morgan fingerprint density at radius 3 is 1.88 bits per heavy atom. The molecule has 1 fully saturated rings. The summed E-state index contributed by atoms with van der Waals surface area (Å²) in [6, 6.07) is 0. The third-order valence-corrected chi connectivity index (χ3v) is 2.06. The standard InChI is InChI=1S/C4H8NO2S/c6-8(7)5-3-1-2-4-5/h1-4H2/q+1. The SMILES string of the molecule is O=S(=O)=[N+]1CCCC1. The van der Waals surface area contributed by atoms with E-state index in [0.717, 1.165) is 25.9 Å². The Balaban J connectivity index is 2.88. The lowest BCUT2D eigenvalue weighted by Gasteiger charge is -1.74. The average Bonchev–Trinajstić information content (AvgIpc) is 2.12. The maximum Gasteiger partial charge on any atom is 0.458 e. The molecule has 0 bridgehead atoms. The first kappa shape index (κ1) is 5.75. The van der Waals surface area contributed by atoms with E-state index in [1.54, 1.807) is 0 Å². The van der Waals surface area contributed by atoms with Crippen molar-refractivity contribution in [3.63, 3.8) is 0 Å². The lowest BCUT2D eigenvalue weighted by atomic mass is 10.4. The van der Waals surface area contributed by atoms with Gasteiger partial charge in [-0.3, -0.25) is 0 Å². The van der Waals surface area contributed by atoms with Crippen LogP contribution < -0.4 is 0 Å². The second-order valence-electron chi connectivity index (χ2n) is 1.85. The van der Waals surface area contributed by atoms with E-state index in [1.165, 1.54) is 3.95 Å². The molecule has 1 rings (SSSR count). The molecule has 1 aliphatic rings. The number of hydrogen-bond donors (Lipinski definition) is 0. The molecule has 1 aliphatic heterocycles. The van der Waals surface area contributed by atoms with Crippen LogP contribution in [0.1, 0.15) is 12.8 Å². The van der Waals surface area contributed by atoms with E-state index in [0.29, 0.717) is 0 Å². The van der Waals surface area contributed by atoms with Crippen molar-refractivity contribution in [1.29, 1.82) is 0 Å². The number of hydrogen-bond acceptors (Lipinski definition) is 2. The third kappa shape index (κ3) is 1.06. The van der Waals surface area contributed by atoms with E-state index in [1.807, 2.05) is 0 Å². The van der Waals surface area contributed by atoms with Crippen LogP contribution in [0.3, 0.4) is 0 Å². The van der Waals surface area contributed by atoms with Gasteiger partial charge in [-0.15, -0.1) is 12.4 Å². The maximum absolute atomic E-state index is 10.1. The van der Waals surface area contributed by atoms with Gasteiger partial charge in [0.05, 0.1) is 0 Å². The predicted octanol–water partition coefficient (Wildman–Crippen LogP) is -0.145. The van der Waals surface area contributed by atoms with Gasteiger partial charge < -0.3 is 0 Å². The van der Waals surface area contributed by atoms with Crippen LogP contribution in [0, 0.1) is 0 Å². The van der Waals surface area contributed by atoms with Crippen molar-refractivity contribution in [1.82, 2.24) is 0 Å². The highest BCUT2D eigenvalue weighted by molar-refractivity contribution is 7.58. The molecule has 0 unspecified atom stereocenters. The van der Waals surface area contributed by atoms with Crippen LogP contribution >= 0.6 is 0 Å². The van der Waals surface area contributed by atoms with Gasteiger partial charge in [0.25, 0.3) is 0 Å². The van der Waals surface area contributed by atoms with Crippen LogP contribution in [0.15, 0.2) is 0 Å². The van der Waals surface area contributed by atoms with Crippen LogP contribution in [0.4, 0.5) is 0 Å². The van der Waals surface area contributed by atoms with Crippen molar-refractivity contribution in [2.75, 3.05) is 13.1 Å². The van der Waals surface area contributed by atoms with E-state index in [-0.39, 0.29) is 0 Å². The molecular formula is C4H8NO2S+. The van der Waals surface area contributed by atoms with Crippen molar-refractivity contribution in [3.05, 3.63) is 0 Å². The van der Waals surface area contributed by atoms with Gasteiger partial charge in [0, 0.05) is 12.8 Å². The molecule has 1 saturated heterocycles. The van der Waals surface area contributed by atoms with Gasteiger partial charge in [0.2, 0.25) is 0 Å². The second kappa shape index (κ2) is 2.26. The summed E-state index contributed by atoms with van der Waals surface area (Å²) in [5.41, 5.74) is 0. The molecule has 0 amide bonds. The minimum Gasteiger partial charge on any atom is -0.122 e. The van der Waals surface area contributed by atoms with Crippen LogP contribution in [-0.4, -0.2) is 25.5 Å². The summed E-state index contributed by atoms with van der Waals surface area (Å²) < 4.78 is 21.7. The summed E-state index contributed by atoms with van der Waals surface area (Å²) in [7, 11) is -1.96. The predicted molar refractivity (Wildman–Crippen MR) is 28.1 cm³/mol. The third-order valence-electron chi connectivity index (χ3n) is 1.28. The first-order valence-corrected chi connectivity index (χ1v) is 3.68. The molecule has 0 aromatic carbocycles. The molecule has 0 radical (unpaired) electrons. The molecule has 0 saturated carbocycles. The quantitative estimate of drug-likeness (QED) is 0.432. The van der Waals surface area contributed by atoms with E-state index < -0.39 is 10.5 Å². The van der Waals surface area contributed by atoms with E-state index >= 15 is 0 Å². The lowest BCUT2D eigenvalue weighted by Crippen LogP contribution is -2.02. The Hall–Kier alpha value is -0.380. The van der Waals surface area contributed by atoms with Gasteiger partial charge in [0.1, 0.15) is 0 Å². The Labute approximate surface area is 49.6 Å². The Kier molecular flexibility index (Phi) is 1.62. The summed E-state index contributed by atoms with van der Waals surface area (Å²) >= 11 is 0. The summed E-state index contributed by atoms with van der Waals surface area (Å²) in [5.74, 6) is 0. The normalized spacial score (nSPS) is 19.2. The van der Waals surface area contributed by atoms with Crippen molar-refractivity contribution in [2.45, 2.75) is 12.8 Å². The molecule has 0 aromatic heterocycles. The first-order valence-electron chi connectivity index (χ1n) is 2.65. The van der Waals surface area contributed by atoms with Crippen LogP contribution in [0.25, 0.3) is 0 Å². The molecular weight excluding hydrogens is 126 g/mol. The highest BCUT2D eigenvalue weighted by Crippen LogP contribution is 1.99. The topological polar surface area (TPSA) is 37.1 Å². The van der Waals surface area contributed by atoms with Gasteiger partial charge in [-0.05, 0) is 0 Å². The molecule has 0 N–H and O–H groups in total. The van der Waals surface area contributed by atoms with E-state index in [4.69, 9.17) is 0 Å². The number of nitrogens with zero attached hydrogens (tertiary/aromatic N) is 1. The Bertz CT molecular complexity index is 188. The largest absolute Gasteiger partial charge is 0.458 e. The molecule has 1 heterocycles. The van der Waals surface area contributed by atoms with Crippen molar-refractivity contribution in [3.8, 4) is 0 Å². The van der Waals surface area contributed by atoms with Gasteiger partial charge in [-0.1, -0.05) is 0 Å². The fraction of sp³-hybridized carbons (Fsp3) is 1.00. The van der Waals surface area contributed by atoms with E-state index in [9.17, 15) is 8.42 Å². The summed E-state index contributed by atoms with van der Waals surface area (Å²) in [6.45, 7) is 1.44. The van der Waals surface area contributed by atoms with Crippen LogP contribution in [0.5, 0.6) is 0 Å². The van der Waals surface area contributed by atoms with Crippen LogP contribution in [0.2, 0.25) is 0 Å². The van der Waals surface area contributed by atoms with Crippen LogP contribution in [-0.2, 0) is 10.5 Å². The molecule has 3 nitrogen and oxygen atoms in total. The zero-order chi connectivity index (χ0) is 5.98. The van der Waals surface area contributed by atoms with Gasteiger partial charge in [-0.2, -0.15) is 0 Å². The number of rotatable bonds is 0. The van der Waals surface area contributed by atoms with Crippen molar-refractivity contribution < 1.29 is 12.4 Å². The van der Waals surface area contributed by atoms with Crippen molar-refractivity contribution >= 4 is 10.5 Å². The van der Waals surface area contributed by atoms with Crippen molar-refractivity contribution in [2.24, 2.45) is 0 Å². The molecule has 0 aliphatic carbocycles. The zero-order valence-electron chi connectivity index (χ0n) is 4.50. The average molecular weight is 134 g/mol. The summed E-state index contributed by atoms with van der Waals surface area (Å²) in [5, 5.41) is 0. The van der Waals surface area contributed by atoms with E-state index in [2.05, 4.69) is 0 Å². The van der Waals surface area contributed by atoms with Gasteiger partial charge >= 0.3 is 10.5 Å². The molecule has 4 heteroatoms. The Morgan fingerprint density at radius 2 is 1.62 bits per heavy atom. The smallest absolute Gasteiger partial charge is 0.122 e. The first-order chi connectivity index (χ1) is 3.80. The Morgan fingerprint density at radius 1 is 1.12 bits per heavy atom. The fourth-order valence-corrected chi connectivity index (χ4v) is 1.39. The van der Waals surface area contributed by atoms with Gasteiger partial charge in [0.15, 0.2) is 13.1 Å². The highest BCUT2D eigenvalue weighted by Gasteiger charge is 2.14. The maximum atomic E-state index is 10.1. The summed E-state index contributed by atoms with van der Waals surface area (Å²) in [6.07, 6.45) is 2.04.